The molecule has 0 unspecified atom stereocenters. The SMILES string of the molecule is Cn1c(SCC(=O)NN=C2CCCCC2)nnc1-c1cccc(Br)c1. The van der Waals surface area contributed by atoms with Gasteiger partial charge in [0.05, 0.1) is 5.75 Å². The molecule has 1 aliphatic carbocycles. The molecule has 1 amide bonds. The van der Waals surface area contributed by atoms with Crippen molar-refractivity contribution in [2.24, 2.45) is 12.1 Å². The van der Waals surface area contributed by atoms with Crippen LogP contribution >= 0.6 is 27.7 Å². The zero-order valence-electron chi connectivity index (χ0n) is 14.0. The largest absolute Gasteiger partial charge is 0.305 e. The molecule has 0 spiro atoms. The zero-order valence-corrected chi connectivity index (χ0v) is 16.4. The highest BCUT2D eigenvalue weighted by Crippen LogP contribution is 2.24. The fourth-order valence-electron chi connectivity index (χ4n) is 2.70. The molecule has 1 aromatic carbocycles. The average Bonchev–Trinajstić information content (AvgIpc) is 3.00. The lowest BCUT2D eigenvalue weighted by molar-refractivity contribution is -0.118. The molecule has 1 aliphatic rings. The molecule has 1 aromatic heterocycles. The van der Waals surface area contributed by atoms with E-state index >= 15 is 0 Å². The molecule has 8 heteroatoms. The van der Waals surface area contributed by atoms with Gasteiger partial charge in [0.15, 0.2) is 11.0 Å². The molecular formula is C17H20BrN5OS. The number of halogens is 1. The lowest BCUT2D eigenvalue weighted by Gasteiger charge is -2.11. The number of carbonyl (C=O) groups excluding carboxylic acids is 1. The maximum atomic E-state index is 12.0. The van der Waals surface area contributed by atoms with Gasteiger partial charge in [0.2, 0.25) is 0 Å². The predicted molar refractivity (Wildman–Crippen MR) is 104 cm³/mol. The number of nitrogens with zero attached hydrogens (tertiary/aromatic N) is 4. The van der Waals surface area contributed by atoms with Gasteiger partial charge in [-0.15, -0.1) is 10.2 Å². The van der Waals surface area contributed by atoms with Gasteiger partial charge in [-0.2, -0.15) is 5.10 Å². The van der Waals surface area contributed by atoms with E-state index < -0.39 is 0 Å². The third-order valence-electron chi connectivity index (χ3n) is 4.02. The van der Waals surface area contributed by atoms with Crippen molar-refractivity contribution in [2.45, 2.75) is 37.3 Å². The summed E-state index contributed by atoms with van der Waals surface area (Å²) < 4.78 is 2.88. The Bertz CT molecular complexity index is 781. The highest BCUT2D eigenvalue weighted by atomic mass is 79.9. The summed E-state index contributed by atoms with van der Waals surface area (Å²) in [5.74, 6) is 0.920. The number of hydrogen-bond acceptors (Lipinski definition) is 5. The minimum atomic E-state index is -0.116. The van der Waals surface area contributed by atoms with Gasteiger partial charge in [0, 0.05) is 22.8 Å². The van der Waals surface area contributed by atoms with Crippen LogP contribution in [-0.4, -0.2) is 32.1 Å². The standard InChI is InChI=1S/C17H20BrN5OS/c1-23-16(12-6-5-7-13(18)10-12)21-22-17(23)25-11-15(24)20-19-14-8-3-2-4-9-14/h5-7,10H,2-4,8-9,11H2,1H3,(H,20,24). The number of benzene rings is 1. The van der Waals surface area contributed by atoms with Gasteiger partial charge in [0.1, 0.15) is 0 Å². The number of aromatic nitrogens is 3. The van der Waals surface area contributed by atoms with E-state index in [0.29, 0.717) is 5.16 Å². The van der Waals surface area contributed by atoms with Crippen LogP contribution in [0.15, 0.2) is 39.0 Å². The van der Waals surface area contributed by atoms with Gasteiger partial charge < -0.3 is 4.57 Å². The van der Waals surface area contributed by atoms with Crippen LogP contribution < -0.4 is 5.43 Å². The molecule has 25 heavy (non-hydrogen) atoms. The Kier molecular flexibility index (Phi) is 6.25. The molecule has 6 nitrogen and oxygen atoms in total. The first-order chi connectivity index (χ1) is 12.1. The fraction of sp³-hybridized carbons (Fsp3) is 0.412. The van der Waals surface area contributed by atoms with Crippen LogP contribution in [0, 0.1) is 0 Å². The first-order valence-corrected chi connectivity index (χ1v) is 10.0. The second kappa shape index (κ2) is 8.62. The van der Waals surface area contributed by atoms with Crippen molar-refractivity contribution >= 4 is 39.3 Å². The van der Waals surface area contributed by atoms with Gasteiger partial charge in [-0.25, -0.2) is 5.43 Å². The van der Waals surface area contributed by atoms with Crippen molar-refractivity contribution in [3.63, 3.8) is 0 Å². The van der Waals surface area contributed by atoms with E-state index in [2.05, 4.69) is 36.7 Å². The summed E-state index contributed by atoms with van der Waals surface area (Å²) in [6.45, 7) is 0. The van der Waals surface area contributed by atoms with E-state index in [4.69, 9.17) is 0 Å². The van der Waals surface area contributed by atoms with Crippen LogP contribution in [0.4, 0.5) is 0 Å². The molecule has 0 saturated heterocycles. The van der Waals surface area contributed by atoms with Crippen LogP contribution in [0.25, 0.3) is 11.4 Å². The van der Waals surface area contributed by atoms with Crippen molar-refractivity contribution < 1.29 is 4.79 Å². The van der Waals surface area contributed by atoms with Crippen molar-refractivity contribution in [1.82, 2.24) is 20.2 Å². The summed E-state index contributed by atoms with van der Waals surface area (Å²) in [7, 11) is 1.90. The monoisotopic (exact) mass is 421 g/mol. The average molecular weight is 422 g/mol. The van der Waals surface area contributed by atoms with Crippen molar-refractivity contribution in [3.8, 4) is 11.4 Å². The third kappa shape index (κ3) is 4.92. The minimum absolute atomic E-state index is 0.116. The maximum absolute atomic E-state index is 12.0. The second-order valence-electron chi connectivity index (χ2n) is 5.94. The Hall–Kier alpha value is -1.67. The van der Waals surface area contributed by atoms with Gasteiger partial charge in [-0.05, 0) is 37.8 Å². The maximum Gasteiger partial charge on any atom is 0.250 e. The molecule has 2 aromatic rings. The summed E-state index contributed by atoms with van der Waals surface area (Å²) in [6.07, 6.45) is 5.58. The quantitative estimate of drug-likeness (QED) is 0.588. The number of amides is 1. The summed E-state index contributed by atoms with van der Waals surface area (Å²) in [5, 5.41) is 13.4. The van der Waals surface area contributed by atoms with Crippen molar-refractivity contribution in [3.05, 3.63) is 28.7 Å². The van der Waals surface area contributed by atoms with Crippen LogP contribution in [0.3, 0.4) is 0 Å². The molecule has 0 bridgehead atoms. The molecule has 1 saturated carbocycles. The normalized spacial score (nSPS) is 14.4. The number of thioether (sulfide) groups is 1. The van der Waals surface area contributed by atoms with Crippen LogP contribution in [0.2, 0.25) is 0 Å². The van der Waals surface area contributed by atoms with E-state index in [1.807, 2.05) is 35.9 Å². The number of carbonyl (C=O) groups is 1. The van der Waals surface area contributed by atoms with E-state index in [0.717, 1.165) is 34.4 Å². The number of nitrogens with one attached hydrogen (secondary N) is 1. The van der Waals surface area contributed by atoms with Gasteiger partial charge in [-0.1, -0.05) is 46.2 Å². The van der Waals surface area contributed by atoms with Gasteiger partial charge in [0.25, 0.3) is 5.91 Å². The molecule has 0 aliphatic heterocycles. The Morgan fingerprint density at radius 1 is 1.32 bits per heavy atom. The minimum Gasteiger partial charge on any atom is -0.305 e. The first-order valence-electron chi connectivity index (χ1n) is 8.26. The molecule has 1 N–H and O–H groups in total. The van der Waals surface area contributed by atoms with Gasteiger partial charge >= 0.3 is 0 Å². The fourth-order valence-corrected chi connectivity index (χ4v) is 3.80. The number of hydrogen-bond donors (Lipinski definition) is 1. The smallest absolute Gasteiger partial charge is 0.250 e. The molecule has 132 valence electrons. The van der Waals surface area contributed by atoms with Crippen LogP contribution in [0.5, 0.6) is 0 Å². The third-order valence-corrected chi connectivity index (χ3v) is 5.53. The highest BCUT2D eigenvalue weighted by Gasteiger charge is 2.13. The lowest BCUT2D eigenvalue weighted by Crippen LogP contribution is -2.22. The van der Waals surface area contributed by atoms with Crippen LogP contribution in [-0.2, 0) is 11.8 Å². The summed E-state index contributed by atoms with van der Waals surface area (Å²) in [5.41, 5.74) is 4.73. The lowest BCUT2D eigenvalue weighted by atomic mass is 9.99. The predicted octanol–water partition coefficient (Wildman–Crippen LogP) is 3.77. The number of rotatable bonds is 5. The van der Waals surface area contributed by atoms with E-state index in [1.165, 1.54) is 31.0 Å². The molecule has 0 atom stereocenters. The van der Waals surface area contributed by atoms with Crippen LogP contribution in [0.1, 0.15) is 32.1 Å². The Morgan fingerprint density at radius 3 is 2.88 bits per heavy atom. The summed E-state index contributed by atoms with van der Waals surface area (Å²) in [6, 6.07) is 7.90. The zero-order chi connectivity index (χ0) is 17.6. The molecular weight excluding hydrogens is 402 g/mol. The molecule has 0 radical (unpaired) electrons. The number of hydrazone groups is 1. The van der Waals surface area contributed by atoms with Crippen molar-refractivity contribution in [1.29, 1.82) is 0 Å². The van der Waals surface area contributed by atoms with E-state index in [-0.39, 0.29) is 11.7 Å². The summed E-state index contributed by atoms with van der Waals surface area (Å²) >= 11 is 4.82. The molecule has 1 heterocycles. The Labute approximate surface area is 159 Å². The first kappa shape index (κ1) is 18.1. The highest BCUT2D eigenvalue weighted by molar-refractivity contribution is 9.10. The van der Waals surface area contributed by atoms with E-state index in [1.54, 1.807) is 0 Å². The van der Waals surface area contributed by atoms with Crippen molar-refractivity contribution in [2.75, 3.05) is 5.75 Å². The Morgan fingerprint density at radius 2 is 2.12 bits per heavy atom. The molecule has 1 fully saturated rings. The molecule has 3 rings (SSSR count). The van der Waals surface area contributed by atoms with Gasteiger partial charge in [-0.3, -0.25) is 4.79 Å². The van der Waals surface area contributed by atoms with E-state index in [9.17, 15) is 4.79 Å². The topological polar surface area (TPSA) is 72.2 Å². The Balaban J connectivity index is 1.57. The summed E-state index contributed by atoms with van der Waals surface area (Å²) in [4.78, 5) is 12.0. The second-order valence-corrected chi connectivity index (χ2v) is 7.80.